The van der Waals surface area contributed by atoms with Gasteiger partial charge in [0.25, 0.3) is 10.0 Å². The highest BCUT2D eigenvalue weighted by molar-refractivity contribution is 7.94. The molecule has 5 nitrogen and oxygen atoms in total. The number of benzene rings is 1. The molecule has 102 valence electrons. The van der Waals surface area contributed by atoms with Crippen LogP contribution in [0.2, 0.25) is 4.34 Å². The minimum atomic E-state index is -3.70. The maximum Gasteiger partial charge on any atom is 0.271 e. The number of rotatable bonds is 4. The average Bonchev–Trinajstić information content (AvgIpc) is 2.76. The Morgan fingerprint density at radius 3 is 2.58 bits per heavy atom. The molecule has 0 amide bonds. The zero-order chi connectivity index (χ0) is 14.0. The smallest absolute Gasteiger partial charge is 0.271 e. The molecule has 8 heteroatoms. The largest absolute Gasteiger partial charge is 0.504 e. The van der Waals surface area contributed by atoms with Crippen molar-refractivity contribution in [2.45, 2.75) is 4.21 Å². The van der Waals surface area contributed by atoms with Crippen LogP contribution in [0.15, 0.2) is 34.5 Å². The zero-order valence-corrected chi connectivity index (χ0v) is 12.1. The van der Waals surface area contributed by atoms with E-state index >= 15 is 0 Å². The number of halogens is 1. The van der Waals surface area contributed by atoms with E-state index in [0.29, 0.717) is 4.34 Å². The van der Waals surface area contributed by atoms with Gasteiger partial charge in [-0.15, -0.1) is 11.3 Å². The summed E-state index contributed by atoms with van der Waals surface area (Å²) < 4.78 is 31.7. The Morgan fingerprint density at radius 1 is 1.32 bits per heavy atom. The van der Waals surface area contributed by atoms with Crippen LogP contribution < -0.4 is 9.46 Å². The molecule has 0 aliphatic carbocycles. The SMILES string of the molecule is COc1ccc(NS(=O)(=O)c2ccc(Cl)s2)cc1O. The topological polar surface area (TPSA) is 75.6 Å². The van der Waals surface area contributed by atoms with Crippen LogP contribution in [0.3, 0.4) is 0 Å². The average molecular weight is 320 g/mol. The Labute approximate surface area is 119 Å². The van der Waals surface area contributed by atoms with Gasteiger partial charge in [0.15, 0.2) is 11.5 Å². The van der Waals surface area contributed by atoms with Crippen LogP contribution >= 0.6 is 22.9 Å². The molecule has 1 aromatic heterocycles. The lowest BCUT2D eigenvalue weighted by Crippen LogP contribution is -2.11. The van der Waals surface area contributed by atoms with Crippen molar-refractivity contribution in [3.63, 3.8) is 0 Å². The van der Waals surface area contributed by atoms with Gasteiger partial charge in [0.2, 0.25) is 0 Å². The molecule has 0 saturated carbocycles. The second-order valence-corrected chi connectivity index (χ2v) is 7.17. The number of nitrogens with one attached hydrogen (secondary N) is 1. The number of aromatic hydroxyl groups is 1. The lowest BCUT2D eigenvalue weighted by atomic mass is 10.3. The molecule has 0 saturated heterocycles. The lowest BCUT2D eigenvalue weighted by molar-refractivity contribution is 0.373. The number of ether oxygens (including phenoxy) is 1. The summed E-state index contributed by atoms with van der Waals surface area (Å²) >= 11 is 6.66. The van der Waals surface area contributed by atoms with Crippen molar-refractivity contribution in [2.24, 2.45) is 0 Å². The van der Waals surface area contributed by atoms with E-state index in [1.807, 2.05) is 0 Å². The number of hydrogen-bond donors (Lipinski definition) is 2. The van der Waals surface area contributed by atoms with Crippen LogP contribution in [-0.2, 0) is 10.0 Å². The number of anilines is 1. The molecule has 0 bridgehead atoms. The fourth-order valence-electron chi connectivity index (χ4n) is 1.40. The minimum absolute atomic E-state index is 0.104. The Hall–Kier alpha value is -1.44. The van der Waals surface area contributed by atoms with Crippen molar-refractivity contribution in [1.82, 2.24) is 0 Å². The number of phenolic OH excluding ortho intramolecular Hbond substituents is 1. The zero-order valence-electron chi connectivity index (χ0n) is 9.75. The van der Waals surface area contributed by atoms with Crippen LogP contribution in [0.1, 0.15) is 0 Å². The highest BCUT2D eigenvalue weighted by Gasteiger charge is 2.17. The molecule has 0 spiro atoms. The standard InChI is InChI=1S/C11H10ClNO4S2/c1-17-9-3-2-7(6-8(9)14)13-19(15,16)11-5-4-10(12)18-11/h2-6,13-14H,1H3. The van der Waals surface area contributed by atoms with Crippen molar-refractivity contribution in [2.75, 3.05) is 11.8 Å². The van der Waals surface area contributed by atoms with Gasteiger partial charge >= 0.3 is 0 Å². The Morgan fingerprint density at radius 2 is 2.05 bits per heavy atom. The number of sulfonamides is 1. The van der Waals surface area contributed by atoms with Crippen LogP contribution in [0.4, 0.5) is 5.69 Å². The van der Waals surface area contributed by atoms with Gasteiger partial charge in [-0.2, -0.15) is 0 Å². The normalized spacial score (nSPS) is 11.3. The lowest BCUT2D eigenvalue weighted by Gasteiger charge is -2.08. The number of thiophene rings is 1. The maximum atomic E-state index is 12.0. The van der Waals surface area contributed by atoms with E-state index in [9.17, 15) is 13.5 Å². The first-order valence-electron chi connectivity index (χ1n) is 5.07. The van der Waals surface area contributed by atoms with E-state index < -0.39 is 10.0 Å². The van der Waals surface area contributed by atoms with Gasteiger partial charge < -0.3 is 9.84 Å². The van der Waals surface area contributed by atoms with Crippen LogP contribution in [-0.4, -0.2) is 20.6 Å². The molecule has 2 rings (SSSR count). The predicted octanol–water partition coefficient (Wildman–Crippen LogP) is 2.92. The van der Waals surface area contributed by atoms with Crippen molar-refractivity contribution in [3.8, 4) is 11.5 Å². The van der Waals surface area contributed by atoms with E-state index in [2.05, 4.69) is 4.72 Å². The van der Waals surface area contributed by atoms with Gasteiger partial charge in [-0.25, -0.2) is 8.42 Å². The first kappa shape index (κ1) is 14.0. The van der Waals surface area contributed by atoms with Crippen molar-refractivity contribution in [1.29, 1.82) is 0 Å². The summed E-state index contributed by atoms with van der Waals surface area (Å²) in [6.45, 7) is 0. The van der Waals surface area contributed by atoms with Crippen molar-refractivity contribution >= 4 is 38.6 Å². The molecule has 0 radical (unpaired) electrons. The van der Waals surface area contributed by atoms with E-state index in [4.69, 9.17) is 16.3 Å². The van der Waals surface area contributed by atoms with Gasteiger partial charge in [-0.05, 0) is 24.3 Å². The third-order valence-electron chi connectivity index (χ3n) is 2.24. The molecular formula is C11H10ClNO4S2. The van der Waals surface area contributed by atoms with Crippen molar-refractivity contribution in [3.05, 3.63) is 34.7 Å². The summed E-state index contributed by atoms with van der Waals surface area (Å²) in [5.41, 5.74) is 0.239. The van der Waals surface area contributed by atoms with Gasteiger partial charge in [-0.3, -0.25) is 4.72 Å². The minimum Gasteiger partial charge on any atom is -0.504 e. The van der Waals surface area contributed by atoms with Gasteiger partial charge in [0.1, 0.15) is 4.21 Å². The summed E-state index contributed by atoms with van der Waals surface area (Å²) in [4.78, 5) is 0. The molecule has 0 aliphatic heterocycles. The third-order valence-corrected chi connectivity index (χ3v) is 5.35. The molecule has 1 heterocycles. The number of methoxy groups -OCH3 is 1. The highest BCUT2D eigenvalue weighted by Crippen LogP contribution is 2.31. The van der Waals surface area contributed by atoms with E-state index in [0.717, 1.165) is 11.3 Å². The molecule has 2 aromatic rings. The second-order valence-electron chi connectivity index (χ2n) is 3.55. The first-order valence-corrected chi connectivity index (χ1v) is 7.75. The molecule has 0 aliphatic rings. The number of phenols is 1. The Bertz CT molecular complexity index is 696. The molecule has 0 atom stereocenters. The fourth-order valence-corrected chi connectivity index (χ4v) is 3.93. The molecule has 19 heavy (non-hydrogen) atoms. The van der Waals surface area contributed by atoms with Gasteiger partial charge in [0.05, 0.1) is 17.1 Å². The maximum absolute atomic E-state index is 12.0. The molecule has 2 N–H and O–H groups in total. The van der Waals surface area contributed by atoms with E-state index in [1.165, 1.54) is 37.4 Å². The van der Waals surface area contributed by atoms with Gasteiger partial charge in [0, 0.05) is 6.07 Å². The summed E-state index contributed by atoms with van der Waals surface area (Å²) in [6.07, 6.45) is 0. The molecule has 0 unspecified atom stereocenters. The first-order chi connectivity index (χ1) is 8.92. The van der Waals surface area contributed by atoms with E-state index in [1.54, 1.807) is 0 Å². The van der Waals surface area contributed by atoms with Crippen LogP contribution in [0, 0.1) is 0 Å². The summed E-state index contributed by atoms with van der Waals surface area (Å²) in [6, 6.07) is 7.15. The third kappa shape index (κ3) is 3.12. The van der Waals surface area contributed by atoms with E-state index in [-0.39, 0.29) is 21.4 Å². The Kier molecular flexibility index (Phi) is 3.88. The van der Waals surface area contributed by atoms with Gasteiger partial charge in [-0.1, -0.05) is 11.6 Å². The molecule has 1 aromatic carbocycles. The quantitative estimate of drug-likeness (QED) is 0.908. The summed E-state index contributed by atoms with van der Waals surface area (Å²) in [7, 11) is -2.29. The fraction of sp³-hybridized carbons (Fsp3) is 0.0909. The second kappa shape index (κ2) is 5.28. The molecule has 0 fully saturated rings. The molecular weight excluding hydrogens is 310 g/mol. The van der Waals surface area contributed by atoms with Crippen LogP contribution in [0.25, 0.3) is 0 Å². The van der Waals surface area contributed by atoms with Crippen LogP contribution in [0.5, 0.6) is 11.5 Å². The van der Waals surface area contributed by atoms with Crippen molar-refractivity contribution < 1.29 is 18.3 Å². The monoisotopic (exact) mass is 319 g/mol. The highest BCUT2D eigenvalue weighted by atomic mass is 35.5. The predicted molar refractivity (Wildman–Crippen MR) is 74.8 cm³/mol. The summed E-state index contributed by atoms with van der Waals surface area (Å²) in [5, 5.41) is 9.58. The number of hydrogen-bond acceptors (Lipinski definition) is 5. The Balaban J connectivity index is 2.28. The summed E-state index contributed by atoms with van der Waals surface area (Å²) in [5.74, 6) is 0.119.